The third-order valence-corrected chi connectivity index (χ3v) is 4.39. The zero-order valence-electron chi connectivity index (χ0n) is 13.7. The number of aromatic nitrogens is 1. The Morgan fingerprint density at radius 2 is 1.38 bits per heavy atom. The normalized spacial score (nSPS) is 10.9. The molecule has 24 heavy (non-hydrogen) atoms. The predicted octanol–water partition coefficient (Wildman–Crippen LogP) is 5.80. The van der Waals surface area contributed by atoms with E-state index in [2.05, 4.69) is 85.8 Å². The van der Waals surface area contributed by atoms with Crippen molar-refractivity contribution in [3.05, 3.63) is 102 Å². The molecular weight excluding hydrogens is 290 g/mol. The van der Waals surface area contributed by atoms with Gasteiger partial charge < -0.3 is 0 Å². The van der Waals surface area contributed by atoms with Gasteiger partial charge in [0.05, 0.1) is 11.2 Å². The van der Waals surface area contributed by atoms with E-state index in [1.807, 2.05) is 6.07 Å². The van der Waals surface area contributed by atoms with Crippen LogP contribution in [0.5, 0.6) is 0 Å². The SMILES string of the molecule is Cc1cc2ccccc2nc1-c1ccc(Cc2ccccc2)cc1. The first-order valence-electron chi connectivity index (χ1n) is 8.29. The summed E-state index contributed by atoms with van der Waals surface area (Å²) >= 11 is 0. The summed E-state index contributed by atoms with van der Waals surface area (Å²) in [6.07, 6.45) is 0.964. The Hall–Kier alpha value is -2.93. The van der Waals surface area contributed by atoms with Gasteiger partial charge in [-0.05, 0) is 42.2 Å². The lowest BCUT2D eigenvalue weighted by molar-refractivity contribution is 1.19. The highest BCUT2D eigenvalue weighted by atomic mass is 14.7. The maximum Gasteiger partial charge on any atom is 0.0738 e. The summed E-state index contributed by atoms with van der Waals surface area (Å²) in [4.78, 5) is 4.86. The monoisotopic (exact) mass is 309 g/mol. The smallest absolute Gasteiger partial charge is 0.0738 e. The molecule has 0 saturated carbocycles. The Morgan fingerprint density at radius 1 is 0.708 bits per heavy atom. The van der Waals surface area contributed by atoms with E-state index in [0.717, 1.165) is 17.6 Å². The first kappa shape index (κ1) is 14.6. The van der Waals surface area contributed by atoms with Gasteiger partial charge in [0.15, 0.2) is 0 Å². The molecule has 3 aromatic carbocycles. The third kappa shape index (κ3) is 2.93. The van der Waals surface area contributed by atoms with Gasteiger partial charge in [0.2, 0.25) is 0 Å². The number of para-hydroxylation sites is 1. The Balaban J connectivity index is 1.66. The molecule has 116 valence electrons. The second-order valence-corrected chi connectivity index (χ2v) is 6.21. The van der Waals surface area contributed by atoms with Crippen molar-refractivity contribution in [3.8, 4) is 11.3 Å². The molecule has 1 aromatic heterocycles. The van der Waals surface area contributed by atoms with E-state index >= 15 is 0 Å². The Bertz CT molecular complexity index is 970. The molecule has 4 aromatic rings. The number of aryl methyl sites for hydroxylation is 1. The van der Waals surface area contributed by atoms with E-state index in [9.17, 15) is 0 Å². The van der Waals surface area contributed by atoms with Crippen LogP contribution in [0.25, 0.3) is 22.2 Å². The topological polar surface area (TPSA) is 12.9 Å². The van der Waals surface area contributed by atoms with E-state index in [1.165, 1.54) is 27.6 Å². The highest BCUT2D eigenvalue weighted by Gasteiger charge is 2.06. The van der Waals surface area contributed by atoms with Gasteiger partial charge >= 0.3 is 0 Å². The summed E-state index contributed by atoms with van der Waals surface area (Å²) in [6.45, 7) is 2.13. The van der Waals surface area contributed by atoms with Gasteiger partial charge in [0.25, 0.3) is 0 Å². The van der Waals surface area contributed by atoms with Crippen molar-refractivity contribution in [2.24, 2.45) is 0 Å². The number of nitrogens with zero attached hydrogens (tertiary/aromatic N) is 1. The summed E-state index contributed by atoms with van der Waals surface area (Å²) in [5.41, 5.74) is 7.17. The van der Waals surface area contributed by atoms with Crippen LogP contribution >= 0.6 is 0 Å². The molecule has 0 atom stereocenters. The molecule has 0 fully saturated rings. The molecule has 1 nitrogen and oxygen atoms in total. The maximum absolute atomic E-state index is 4.86. The molecule has 0 aliphatic rings. The molecule has 0 saturated heterocycles. The number of benzene rings is 3. The van der Waals surface area contributed by atoms with Crippen LogP contribution in [0.1, 0.15) is 16.7 Å². The van der Waals surface area contributed by atoms with Crippen molar-refractivity contribution in [2.75, 3.05) is 0 Å². The quantitative estimate of drug-likeness (QED) is 0.466. The maximum atomic E-state index is 4.86. The van der Waals surface area contributed by atoms with Gasteiger partial charge in [-0.2, -0.15) is 0 Å². The van der Waals surface area contributed by atoms with Crippen LogP contribution < -0.4 is 0 Å². The van der Waals surface area contributed by atoms with Crippen molar-refractivity contribution in [1.29, 1.82) is 0 Å². The summed E-state index contributed by atoms with van der Waals surface area (Å²) in [5.74, 6) is 0. The van der Waals surface area contributed by atoms with Crippen LogP contribution in [-0.4, -0.2) is 4.98 Å². The first-order chi connectivity index (χ1) is 11.8. The molecule has 4 rings (SSSR count). The molecule has 1 heterocycles. The minimum absolute atomic E-state index is 0.964. The second kappa shape index (κ2) is 6.29. The molecule has 0 aliphatic carbocycles. The number of hydrogen-bond acceptors (Lipinski definition) is 1. The Morgan fingerprint density at radius 3 is 2.17 bits per heavy atom. The van der Waals surface area contributed by atoms with Gasteiger partial charge in [0, 0.05) is 10.9 Å². The summed E-state index contributed by atoms with van der Waals surface area (Å²) < 4.78 is 0. The average molecular weight is 309 g/mol. The standard InChI is InChI=1S/C23H19N/c1-17-15-21-9-5-6-10-22(21)24-23(17)20-13-11-19(12-14-20)16-18-7-3-2-4-8-18/h2-15H,16H2,1H3. The average Bonchev–Trinajstić information content (AvgIpc) is 2.63. The fourth-order valence-corrected chi connectivity index (χ4v) is 3.13. The van der Waals surface area contributed by atoms with Crippen LogP contribution in [0.3, 0.4) is 0 Å². The van der Waals surface area contributed by atoms with E-state index in [4.69, 9.17) is 4.98 Å². The van der Waals surface area contributed by atoms with Crippen LogP contribution in [0.4, 0.5) is 0 Å². The Labute approximate surface area is 142 Å². The van der Waals surface area contributed by atoms with E-state index < -0.39 is 0 Å². The molecule has 1 heteroatoms. The molecule has 0 amide bonds. The first-order valence-corrected chi connectivity index (χ1v) is 8.29. The highest BCUT2D eigenvalue weighted by Crippen LogP contribution is 2.25. The molecule has 0 radical (unpaired) electrons. The van der Waals surface area contributed by atoms with Crippen molar-refractivity contribution >= 4 is 10.9 Å². The van der Waals surface area contributed by atoms with Crippen molar-refractivity contribution in [3.63, 3.8) is 0 Å². The highest BCUT2D eigenvalue weighted by molar-refractivity contribution is 5.83. The fourth-order valence-electron chi connectivity index (χ4n) is 3.13. The van der Waals surface area contributed by atoms with Gasteiger partial charge in [-0.1, -0.05) is 72.8 Å². The largest absolute Gasteiger partial charge is 0.248 e. The zero-order chi connectivity index (χ0) is 16.4. The molecule has 0 aliphatic heterocycles. The lowest BCUT2D eigenvalue weighted by Crippen LogP contribution is -1.92. The van der Waals surface area contributed by atoms with E-state index in [-0.39, 0.29) is 0 Å². The van der Waals surface area contributed by atoms with Crippen LogP contribution in [0.2, 0.25) is 0 Å². The van der Waals surface area contributed by atoms with E-state index in [0.29, 0.717) is 0 Å². The summed E-state index contributed by atoms with van der Waals surface area (Å²) in [6, 6.07) is 29.9. The van der Waals surface area contributed by atoms with E-state index in [1.54, 1.807) is 0 Å². The van der Waals surface area contributed by atoms with Crippen molar-refractivity contribution < 1.29 is 0 Å². The van der Waals surface area contributed by atoms with Crippen molar-refractivity contribution in [1.82, 2.24) is 4.98 Å². The minimum atomic E-state index is 0.964. The van der Waals surface area contributed by atoms with Crippen LogP contribution in [-0.2, 0) is 6.42 Å². The van der Waals surface area contributed by atoms with Crippen molar-refractivity contribution in [2.45, 2.75) is 13.3 Å². The van der Waals surface area contributed by atoms with Gasteiger partial charge in [0.1, 0.15) is 0 Å². The fraction of sp³-hybridized carbons (Fsp3) is 0.0870. The number of hydrogen-bond donors (Lipinski definition) is 0. The van der Waals surface area contributed by atoms with Gasteiger partial charge in [-0.25, -0.2) is 4.98 Å². The third-order valence-electron chi connectivity index (χ3n) is 4.39. The van der Waals surface area contributed by atoms with Gasteiger partial charge in [-0.3, -0.25) is 0 Å². The summed E-state index contributed by atoms with van der Waals surface area (Å²) in [5, 5.41) is 1.19. The Kier molecular flexibility index (Phi) is 3.84. The molecule has 0 N–H and O–H groups in total. The van der Waals surface area contributed by atoms with Crippen LogP contribution in [0, 0.1) is 6.92 Å². The lowest BCUT2D eigenvalue weighted by Gasteiger charge is -2.09. The van der Waals surface area contributed by atoms with Gasteiger partial charge in [-0.15, -0.1) is 0 Å². The minimum Gasteiger partial charge on any atom is -0.248 e. The molecule has 0 unspecified atom stereocenters. The molecule has 0 bridgehead atoms. The number of rotatable bonds is 3. The predicted molar refractivity (Wildman–Crippen MR) is 101 cm³/mol. The number of fused-ring (bicyclic) bond motifs is 1. The summed E-state index contributed by atoms with van der Waals surface area (Å²) in [7, 11) is 0. The van der Waals surface area contributed by atoms with Crippen LogP contribution in [0.15, 0.2) is 84.9 Å². The second-order valence-electron chi connectivity index (χ2n) is 6.21. The zero-order valence-corrected chi connectivity index (χ0v) is 13.7. The molecular formula is C23H19N. The number of pyridine rings is 1. The lowest BCUT2D eigenvalue weighted by atomic mass is 10.0. The molecule has 0 spiro atoms.